The summed E-state index contributed by atoms with van der Waals surface area (Å²) in [4.78, 5) is 14.4. The second-order valence-electron chi connectivity index (χ2n) is 1.90. The number of carbonyl (C=O) groups is 1. The van der Waals surface area contributed by atoms with Crippen molar-refractivity contribution in [2.24, 2.45) is 0 Å². The monoisotopic (exact) mass is 521 g/mol. The fourth-order valence-electron chi connectivity index (χ4n) is 0.684. The molecule has 6 heteroatoms. The van der Waals surface area contributed by atoms with Crippen molar-refractivity contribution >= 4 is 5.91 Å². The van der Waals surface area contributed by atoms with E-state index in [1.54, 1.807) is 6.07 Å². The zero-order valence-electron chi connectivity index (χ0n) is 7.02. The molecule has 0 spiro atoms. The number of rotatable bonds is 1. The fourth-order valence-corrected chi connectivity index (χ4v) is 0.684. The molecule has 0 atom stereocenters. The number of aromatic hydroxyl groups is 1. The van der Waals surface area contributed by atoms with Gasteiger partial charge in [0.25, 0.3) is 0 Å². The molecule has 0 saturated carbocycles. The third-order valence-electron chi connectivity index (χ3n) is 1.22. The van der Waals surface area contributed by atoms with Gasteiger partial charge in [0.05, 0.1) is 11.5 Å². The Hall–Kier alpha value is -1.96. The van der Waals surface area contributed by atoms with Gasteiger partial charge in [0.15, 0.2) is 0 Å². The van der Waals surface area contributed by atoms with Gasteiger partial charge < -0.3 is 15.2 Å². The van der Waals surface area contributed by atoms with E-state index < -0.39 is 5.91 Å². The van der Waals surface area contributed by atoms with E-state index in [0.29, 0.717) is 0 Å². The van der Waals surface area contributed by atoms with Crippen molar-refractivity contribution in [3.05, 3.63) is 29.2 Å². The molecule has 0 unspecified atom stereocenters. The Morgan fingerprint density at radius 1 is 1.62 bits per heavy atom. The van der Waals surface area contributed by atoms with Crippen molar-refractivity contribution in [2.45, 2.75) is 0 Å². The van der Waals surface area contributed by atoms with Gasteiger partial charge in [0.2, 0.25) is 5.88 Å². The average Bonchev–Trinajstić information content (AvgIpc) is 2.04. The molecule has 1 N–H and O–H groups in total. The van der Waals surface area contributed by atoms with Crippen molar-refractivity contribution in [3.63, 3.8) is 0 Å². The molecule has 69 valence electrons. The molecule has 0 aliphatic rings. The molecule has 0 fully saturated rings. The number of pyridine rings is 1. The van der Waals surface area contributed by atoms with Gasteiger partial charge in [-0.05, 0) is 12.1 Å². The summed E-state index contributed by atoms with van der Waals surface area (Å²) in [6, 6.07) is 3.04. The maximum Gasteiger partial charge on any atom is 0.220 e. The summed E-state index contributed by atoms with van der Waals surface area (Å²) in [7, 11) is 1.37. The van der Waals surface area contributed by atoms with Gasteiger partial charge >= 0.3 is 0 Å². The summed E-state index contributed by atoms with van der Waals surface area (Å²) < 4.78 is 0. The molecule has 1 aromatic heterocycles. The standard InChI is InChI=1S/C7H8N2O2.Rf.Rh/c1-8-6(10)5-3-2-4-9-7(5)11;;/h2-4H,1H3,(H2,8,9,10,11);;/p-1. The zero-order valence-corrected chi connectivity index (χ0v) is 15.1. The number of hydrogen-bond acceptors (Lipinski definition) is 3. The van der Waals surface area contributed by atoms with Crippen LogP contribution in [0.4, 0.5) is 0 Å². The van der Waals surface area contributed by atoms with E-state index in [0.717, 1.165) is 0 Å². The van der Waals surface area contributed by atoms with Crippen molar-refractivity contribution in [1.29, 1.82) is 0 Å². The predicted octanol–water partition coefficient (Wildman–Crippen LogP) is 0.928. The molecule has 0 aliphatic heterocycles. The predicted molar refractivity (Wildman–Crippen MR) is 39.5 cm³/mol. The van der Waals surface area contributed by atoms with E-state index in [2.05, 4.69) is 10.3 Å². The van der Waals surface area contributed by atoms with Crippen molar-refractivity contribution in [1.82, 2.24) is 4.98 Å². The minimum atomic E-state index is -0.462. The summed E-state index contributed by atoms with van der Waals surface area (Å²) in [6.45, 7) is 0. The van der Waals surface area contributed by atoms with Crippen LogP contribution in [0.1, 0.15) is 10.4 Å². The first kappa shape index (κ1) is 13.6. The Morgan fingerprint density at radius 3 is 2.69 bits per heavy atom. The summed E-state index contributed by atoms with van der Waals surface area (Å²) in [5, 5.41) is 12.4. The molecule has 13 heavy (non-hydrogen) atoms. The molecule has 0 bridgehead atoms. The van der Waals surface area contributed by atoms with E-state index in [9.17, 15) is 4.79 Å². The first-order valence-corrected chi connectivity index (χ1v) is 3.04. The molecule has 1 aromatic rings. The second-order valence-corrected chi connectivity index (χ2v) is 1.90. The molecular weight excluding hydrogens is 514 g/mol. The normalized spacial score (nSPS) is 7.77. The van der Waals surface area contributed by atoms with E-state index >= 15 is 0 Å². The maximum absolute atomic E-state index is 10.9. The molecule has 0 aliphatic carbocycles. The van der Waals surface area contributed by atoms with Crippen LogP contribution in [-0.4, -0.2) is 23.0 Å². The molecule has 1 radical (unpaired) electrons. The first-order valence-electron chi connectivity index (χ1n) is 3.04. The maximum atomic E-state index is 10.9. The van der Waals surface area contributed by atoms with E-state index in [1.807, 2.05) is 0 Å². The number of nitrogens with zero attached hydrogens (tertiary/aromatic N) is 2. The van der Waals surface area contributed by atoms with Crippen LogP contribution in [0.15, 0.2) is 18.3 Å². The molecule has 1 amide bonds. The number of amides is 1. The van der Waals surface area contributed by atoms with Gasteiger partial charge in [-0.3, -0.25) is 0 Å². The van der Waals surface area contributed by atoms with E-state index in [1.165, 1.54) is 19.3 Å². The summed E-state index contributed by atoms with van der Waals surface area (Å²) >= 11 is 0. The number of hydrogen-bond donors (Lipinski definition) is 1. The van der Waals surface area contributed by atoms with Crippen molar-refractivity contribution < 1.29 is 29.4 Å². The first-order chi connectivity index (χ1) is 5.25. The molecule has 4 nitrogen and oxygen atoms in total. The molecule has 1 rings (SSSR count). The minimum absolute atomic E-state index is 0. The summed E-state index contributed by atoms with van der Waals surface area (Å²) in [5.74, 6) is -0.737. The number of carbonyl (C=O) groups excluding carboxylic acids is 1. The van der Waals surface area contributed by atoms with Crippen LogP contribution in [0.5, 0.6) is 5.88 Å². The minimum Gasteiger partial charge on any atom is -0.652 e. The van der Waals surface area contributed by atoms with Crippen LogP contribution in [0, 0.1) is 0 Å². The van der Waals surface area contributed by atoms with Gasteiger partial charge in [0, 0.05) is 25.7 Å². The Balaban J connectivity index is 0. The topological polar surface area (TPSA) is 64.3 Å². The molecular formula is C7H7N2O2RfRh-. The SMILES string of the molecule is C[N-]C(=O)c1cccnc1O.[Rf].[Rh]. The largest absolute Gasteiger partial charge is 0.652 e. The van der Waals surface area contributed by atoms with Gasteiger partial charge in [-0.1, -0.05) is 0 Å². The third kappa shape index (κ3) is 2.87. The van der Waals surface area contributed by atoms with Crippen LogP contribution in [0.25, 0.3) is 5.32 Å². The molecule has 0 aromatic carbocycles. The Labute approximate surface area is 82.8 Å². The molecule has 0 saturated heterocycles. The van der Waals surface area contributed by atoms with Crippen molar-refractivity contribution in [3.8, 4) is 5.88 Å². The van der Waals surface area contributed by atoms with Gasteiger partial charge in [-0.25, -0.2) is 4.98 Å². The quantitative estimate of drug-likeness (QED) is 0.560. The third-order valence-corrected chi connectivity index (χ3v) is 1.22. The zero-order chi connectivity index (χ0) is 8.27. The Morgan fingerprint density at radius 2 is 2.23 bits per heavy atom. The Kier molecular flexibility index (Phi) is 5.93. The van der Waals surface area contributed by atoms with Crippen LogP contribution in [-0.2, 0) is 19.5 Å². The van der Waals surface area contributed by atoms with Crippen LogP contribution < -0.4 is 0 Å². The average molecular weight is 521 g/mol. The molecule has 1 heterocycles. The van der Waals surface area contributed by atoms with Gasteiger partial charge in [-0.15, -0.1) is 7.05 Å². The summed E-state index contributed by atoms with van der Waals surface area (Å²) in [6.07, 6.45) is 1.40. The van der Waals surface area contributed by atoms with Crippen LogP contribution >= 0.6 is 0 Å². The second kappa shape index (κ2) is 5.66. The van der Waals surface area contributed by atoms with Crippen molar-refractivity contribution in [2.75, 3.05) is 7.05 Å². The van der Waals surface area contributed by atoms with E-state index in [-0.39, 0.29) is 30.9 Å². The van der Waals surface area contributed by atoms with Crippen LogP contribution in [0.3, 0.4) is 0 Å². The fraction of sp³-hybridized carbons (Fsp3) is 0.143. The number of aromatic nitrogens is 1. The smallest absolute Gasteiger partial charge is 0.220 e. The van der Waals surface area contributed by atoms with Gasteiger partial charge in [0.1, 0.15) is 0 Å². The summed E-state index contributed by atoms with van der Waals surface area (Å²) in [5.41, 5.74) is 0.134. The van der Waals surface area contributed by atoms with Crippen LogP contribution in [0.2, 0.25) is 0 Å². The Bertz CT molecular complexity index is 283. The van der Waals surface area contributed by atoms with Gasteiger partial charge in [-0.2, -0.15) is 0 Å². The van der Waals surface area contributed by atoms with E-state index in [4.69, 9.17) is 5.11 Å².